The molecule has 1 aromatic heterocycles. The van der Waals surface area contributed by atoms with Gasteiger partial charge in [0.05, 0.1) is 5.92 Å². The molecule has 0 saturated carbocycles. The minimum Gasteiger partial charge on any atom is -0.487 e. The second-order valence-electron chi connectivity index (χ2n) is 6.77. The van der Waals surface area contributed by atoms with Crippen molar-refractivity contribution < 1.29 is 14.3 Å². The molecule has 0 spiro atoms. The zero-order chi connectivity index (χ0) is 18.8. The van der Waals surface area contributed by atoms with E-state index in [0.29, 0.717) is 25.2 Å². The number of carbonyl (C=O) groups is 2. The fraction of sp³-hybridized carbons (Fsp3) is 0.227. The average Bonchev–Trinajstić information content (AvgIpc) is 2.67. The fourth-order valence-corrected chi connectivity index (χ4v) is 3.47. The van der Waals surface area contributed by atoms with Crippen molar-refractivity contribution in [3.8, 4) is 5.75 Å². The van der Waals surface area contributed by atoms with E-state index < -0.39 is 0 Å². The highest BCUT2D eigenvalue weighted by Gasteiger charge is 2.29. The number of nitrogens with zero attached hydrogens (tertiary/aromatic N) is 1. The van der Waals surface area contributed by atoms with E-state index in [2.05, 4.69) is 5.32 Å². The number of rotatable bonds is 4. The van der Waals surface area contributed by atoms with E-state index in [1.807, 2.05) is 61.5 Å². The molecular formula is C22H20N2O3. The number of hydrogen-bond acceptors (Lipinski definition) is 4. The number of carbonyl (C=O) groups excluding carboxylic acids is 2. The highest BCUT2D eigenvalue weighted by Crippen LogP contribution is 2.32. The van der Waals surface area contributed by atoms with Crippen LogP contribution < -0.4 is 10.1 Å². The lowest BCUT2D eigenvalue weighted by atomic mass is 9.89. The zero-order valence-corrected chi connectivity index (χ0v) is 15.1. The van der Waals surface area contributed by atoms with E-state index >= 15 is 0 Å². The number of ether oxygens (including phenoxy) is 1. The molecule has 3 aromatic rings. The van der Waals surface area contributed by atoms with Gasteiger partial charge < -0.3 is 4.74 Å². The van der Waals surface area contributed by atoms with Crippen LogP contribution in [0.1, 0.15) is 35.6 Å². The second-order valence-corrected chi connectivity index (χ2v) is 6.77. The minimum atomic E-state index is -0.339. The van der Waals surface area contributed by atoms with Crippen LogP contribution in [0.25, 0.3) is 10.9 Å². The number of benzene rings is 2. The van der Waals surface area contributed by atoms with Crippen molar-refractivity contribution in [1.82, 2.24) is 10.3 Å². The zero-order valence-electron chi connectivity index (χ0n) is 15.1. The highest BCUT2D eigenvalue weighted by molar-refractivity contribution is 6.01. The Morgan fingerprint density at radius 2 is 1.93 bits per heavy atom. The Balaban J connectivity index is 1.65. The Bertz CT molecular complexity index is 1010. The molecule has 136 valence electrons. The molecule has 1 N–H and O–H groups in total. The van der Waals surface area contributed by atoms with Crippen LogP contribution in [0.3, 0.4) is 0 Å². The first kappa shape index (κ1) is 17.2. The predicted molar refractivity (Wildman–Crippen MR) is 102 cm³/mol. The van der Waals surface area contributed by atoms with Gasteiger partial charge in [-0.05, 0) is 36.6 Å². The lowest BCUT2D eigenvalue weighted by molar-refractivity contribution is -0.134. The number of piperidine rings is 1. The molecule has 5 nitrogen and oxygen atoms in total. The first-order chi connectivity index (χ1) is 13.1. The predicted octanol–water partition coefficient (Wildman–Crippen LogP) is 3.64. The van der Waals surface area contributed by atoms with Gasteiger partial charge in [-0.1, -0.05) is 42.5 Å². The van der Waals surface area contributed by atoms with E-state index in [-0.39, 0.29) is 17.7 Å². The number of amides is 2. The molecule has 5 heteroatoms. The number of aryl methyl sites for hydroxylation is 1. The summed E-state index contributed by atoms with van der Waals surface area (Å²) in [6.45, 7) is 2.36. The third kappa shape index (κ3) is 3.53. The lowest BCUT2D eigenvalue weighted by Gasteiger charge is -2.22. The van der Waals surface area contributed by atoms with Crippen molar-refractivity contribution in [1.29, 1.82) is 0 Å². The van der Waals surface area contributed by atoms with Crippen LogP contribution in [0.5, 0.6) is 5.75 Å². The lowest BCUT2D eigenvalue weighted by Crippen LogP contribution is -2.39. The number of fused-ring (bicyclic) bond motifs is 1. The Morgan fingerprint density at radius 1 is 1.11 bits per heavy atom. The summed E-state index contributed by atoms with van der Waals surface area (Å²) in [7, 11) is 0. The summed E-state index contributed by atoms with van der Waals surface area (Å²) in [5.41, 5.74) is 3.52. The maximum Gasteiger partial charge on any atom is 0.234 e. The molecule has 4 rings (SSSR count). The van der Waals surface area contributed by atoms with E-state index in [4.69, 9.17) is 9.72 Å². The molecule has 0 aliphatic carbocycles. The van der Waals surface area contributed by atoms with Gasteiger partial charge in [-0.15, -0.1) is 0 Å². The van der Waals surface area contributed by atoms with Crippen molar-refractivity contribution >= 4 is 22.7 Å². The SMILES string of the molecule is Cc1nc2c(OCc3ccccc3)cccc2cc1C1CCC(=O)NC1=O. The third-order valence-electron chi connectivity index (χ3n) is 4.89. The van der Waals surface area contributed by atoms with E-state index in [1.54, 1.807) is 0 Å². The number of para-hydroxylation sites is 1. The first-order valence-corrected chi connectivity index (χ1v) is 9.02. The summed E-state index contributed by atoms with van der Waals surface area (Å²) in [5, 5.41) is 3.34. The van der Waals surface area contributed by atoms with Crippen molar-refractivity contribution in [2.24, 2.45) is 0 Å². The standard InChI is InChI=1S/C22H20N2O3/c1-14-18(17-10-11-20(25)24-22(17)26)12-16-8-5-9-19(21(16)23-14)27-13-15-6-3-2-4-7-15/h2-9,12,17H,10-11,13H2,1H3,(H,24,25,26). The molecule has 1 saturated heterocycles. The Kier molecular flexibility index (Phi) is 4.59. The number of hydrogen-bond donors (Lipinski definition) is 1. The molecule has 2 aromatic carbocycles. The fourth-order valence-electron chi connectivity index (χ4n) is 3.47. The second kappa shape index (κ2) is 7.19. The van der Waals surface area contributed by atoms with Crippen molar-refractivity contribution in [3.63, 3.8) is 0 Å². The molecule has 0 radical (unpaired) electrons. The van der Waals surface area contributed by atoms with E-state index in [1.165, 1.54) is 0 Å². The number of aromatic nitrogens is 1. The Labute approximate surface area is 157 Å². The van der Waals surface area contributed by atoms with Crippen molar-refractivity contribution in [2.75, 3.05) is 0 Å². The normalized spacial score (nSPS) is 17.0. The summed E-state index contributed by atoms with van der Waals surface area (Å²) in [6.07, 6.45) is 0.872. The topological polar surface area (TPSA) is 68.3 Å². The number of nitrogens with one attached hydrogen (secondary N) is 1. The van der Waals surface area contributed by atoms with Crippen LogP contribution in [0.15, 0.2) is 54.6 Å². The molecule has 1 unspecified atom stereocenters. The average molecular weight is 360 g/mol. The van der Waals surface area contributed by atoms with Crippen LogP contribution in [-0.2, 0) is 16.2 Å². The molecular weight excluding hydrogens is 340 g/mol. The van der Waals surface area contributed by atoms with Gasteiger partial charge in [0.15, 0.2) is 0 Å². The van der Waals surface area contributed by atoms with Crippen LogP contribution in [0.2, 0.25) is 0 Å². The first-order valence-electron chi connectivity index (χ1n) is 9.02. The van der Waals surface area contributed by atoms with Gasteiger partial charge in [-0.25, -0.2) is 4.98 Å². The molecule has 1 aliphatic rings. The monoisotopic (exact) mass is 360 g/mol. The smallest absolute Gasteiger partial charge is 0.234 e. The van der Waals surface area contributed by atoms with Gasteiger partial charge in [-0.3, -0.25) is 14.9 Å². The van der Waals surface area contributed by atoms with Gasteiger partial charge in [0.1, 0.15) is 17.9 Å². The number of pyridine rings is 1. The van der Waals surface area contributed by atoms with Crippen molar-refractivity contribution in [2.45, 2.75) is 32.3 Å². The van der Waals surface area contributed by atoms with Crippen LogP contribution >= 0.6 is 0 Å². The molecule has 1 fully saturated rings. The van der Waals surface area contributed by atoms with Gasteiger partial charge in [-0.2, -0.15) is 0 Å². The molecule has 0 bridgehead atoms. The van der Waals surface area contributed by atoms with E-state index in [9.17, 15) is 9.59 Å². The van der Waals surface area contributed by atoms with Gasteiger partial charge in [0.25, 0.3) is 0 Å². The molecule has 27 heavy (non-hydrogen) atoms. The van der Waals surface area contributed by atoms with Gasteiger partial charge >= 0.3 is 0 Å². The largest absolute Gasteiger partial charge is 0.487 e. The Hall–Kier alpha value is -3.21. The van der Waals surface area contributed by atoms with Crippen molar-refractivity contribution in [3.05, 3.63) is 71.4 Å². The molecule has 1 atom stereocenters. The quantitative estimate of drug-likeness (QED) is 0.721. The van der Waals surface area contributed by atoms with E-state index in [0.717, 1.165) is 27.7 Å². The Morgan fingerprint density at radius 3 is 2.70 bits per heavy atom. The minimum absolute atomic E-state index is 0.209. The molecule has 2 heterocycles. The third-order valence-corrected chi connectivity index (χ3v) is 4.89. The van der Waals surface area contributed by atoms with Crippen LogP contribution in [0, 0.1) is 6.92 Å². The summed E-state index contributed by atoms with van der Waals surface area (Å²) in [4.78, 5) is 28.4. The maximum atomic E-state index is 12.2. The highest BCUT2D eigenvalue weighted by atomic mass is 16.5. The maximum absolute atomic E-state index is 12.2. The summed E-state index contributed by atoms with van der Waals surface area (Å²) >= 11 is 0. The van der Waals surface area contributed by atoms with Crippen LogP contribution in [0.4, 0.5) is 0 Å². The molecule has 2 amide bonds. The summed E-state index contributed by atoms with van der Waals surface area (Å²) in [6, 6.07) is 17.8. The number of imide groups is 1. The van der Waals surface area contributed by atoms with Crippen LogP contribution in [-0.4, -0.2) is 16.8 Å². The molecule has 1 aliphatic heterocycles. The summed E-state index contributed by atoms with van der Waals surface area (Å²) < 4.78 is 5.99. The summed E-state index contributed by atoms with van der Waals surface area (Å²) in [5.74, 6) is -0.0750. The van der Waals surface area contributed by atoms with Gasteiger partial charge in [0.2, 0.25) is 11.8 Å². The van der Waals surface area contributed by atoms with Gasteiger partial charge in [0, 0.05) is 17.5 Å².